The number of anilines is 1. The number of pyridine rings is 1. The summed E-state index contributed by atoms with van der Waals surface area (Å²) in [6.45, 7) is 0.588. The third-order valence-electron chi connectivity index (χ3n) is 4.66. The van der Waals surface area contributed by atoms with Gasteiger partial charge in [0.25, 0.3) is 11.3 Å². The van der Waals surface area contributed by atoms with Gasteiger partial charge in [-0.05, 0) is 25.0 Å². The van der Waals surface area contributed by atoms with Crippen molar-refractivity contribution in [1.82, 2.24) is 9.88 Å². The number of halogens is 1. The van der Waals surface area contributed by atoms with Crippen molar-refractivity contribution in [1.29, 1.82) is 0 Å². The molecule has 0 aliphatic carbocycles. The predicted octanol–water partition coefficient (Wildman–Crippen LogP) is 3.50. The number of nitrogens with zero attached hydrogens (tertiary/aromatic N) is 3. The molecule has 3 rings (SSSR count). The minimum atomic E-state index is -2.32. The van der Waals surface area contributed by atoms with Crippen LogP contribution in [0.1, 0.15) is 12.8 Å². The van der Waals surface area contributed by atoms with Crippen LogP contribution in [0, 0.1) is 0 Å². The van der Waals surface area contributed by atoms with Crippen molar-refractivity contribution in [2.75, 3.05) is 24.5 Å². The van der Waals surface area contributed by atoms with E-state index < -0.39 is 17.4 Å². The monoisotopic (exact) mass is 425 g/mol. The number of hydrogen-bond donors (Lipinski definition) is 2. The molecule has 1 unspecified atom stereocenters. The van der Waals surface area contributed by atoms with E-state index in [0.29, 0.717) is 53.8 Å². The maximum Gasteiger partial charge on any atom is 0.407 e. The van der Waals surface area contributed by atoms with E-state index in [2.05, 4.69) is 4.98 Å². The second-order valence-corrected chi connectivity index (χ2v) is 7.49. The fraction of sp³-hybridized carbons (Fsp3) is 0.333. The second kappa shape index (κ2) is 8.76. The normalized spacial score (nSPS) is 15.9. The van der Waals surface area contributed by atoms with Crippen molar-refractivity contribution in [3.63, 3.8) is 0 Å². The summed E-state index contributed by atoms with van der Waals surface area (Å²) in [6, 6.07) is 10.2. The van der Waals surface area contributed by atoms with Crippen LogP contribution in [-0.4, -0.2) is 56.1 Å². The van der Waals surface area contributed by atoms with Crippen molar-refractivity contribution >= 4 is 34.6 Å². The molecule has 150 valence electrons. The molecule has 2 aromatic rings. The Morgan fingerprint density at radius 1 is 1.29 bits per heavy atom. The molecular formula is C18H20ClN3O5S. The highest BCUT2D eigenvalue weighted by atomic mass is 35.5. The van der Waals surface area contributed by atoms with Gasteiger partial charge in [-0.25, -0.2) is 14.0 Å². The minimum Gasteiger partial charge on any atom is -0.481 e. The van der Waals surface area contributed by atoms with Crippen molar-refractivity contribution in [2.24, 2.45) is 0 Å². The van der Waals surface area contributed by atoms with E-state index in [9.17, 15) is 13.6 Å². The van der Waals surface area contributed by atoms with Crippen LogP contribution in [0.2, 0.25) is 5.02 Å². The van der Waals surface area contributed by atoms with Crippen molar-refractivity contribution < 1.29 is 23.4 Å². The zero-order chi connectivity index (χ0) is 20.3. The van der Waals surface area contributed by atoms with Gasteiger partial charge in [0, 0.05) is 30.8 Å². The molecule has 8 nitrogen and oxygen atoms in total. The molecule has 1 amide bonds. The topological polar surface area (TPSA) is 103 Å². The number of ether oxygens (including phenoxy) is 1. The first-order valence-corrected chi connectivity index (χ1v) is 10.0. The van der Waals surface area contributed by atoms with Crippen LogP contribution < -0.4 is 9.04 Å². The highest BCUT2D eigenvalue weighted by molar-refractivity contribution is 7.80. The largest absolute Gasteiger partial charge is 0.481 e. The molecule has 1 aromatic carbocycles. The second-order valence-electron chi connectivity index (χ2n) is 6.26. The molecule has 1 fully saturated rings. The summed E-state index contributed by atoms with van der Waals surface area (Å²) in [4.78, 5) is 16.8. The average molecular weight is 426 g/mol. The number of rotatable bonds is 5. The van der Waals surface area contributed by atoms with E-state index in [-0.39, 0.29) is 6.04 Å². The number of carboxylic acid groups (broad SMARTS) is 1. The molecule has 10 heteroatoms. The first-order chi connectivity index (χ1) is 13.4. The molecule has 28 heavy (non-hydrogen) atoms. The summed E-state index contributed by atoms with van der Waals surface area (Å²) in [5.74, 6) is 0.433. The summed E-state index contributed by atoms with van der Waals surface area (Å²) >= 11 is 4.29. The van der Waals surface area contributed by atoms with Crippen LogP contribution in [0.5, 0.6) is 5.88 Å². The van der Waals surface area contributed by atoms with Gasteiger partial charge in [-0.2, -0.15) is 0 Å². The van der Waals surface area contributed by atoms with Crippen LogP contribution in [-0.2, 0) is 11.3 Å². The highest BCUT2D eigenvalue weighted by Gasteiger charge is 2.31. The lowest BCUT2D eigenvalue weighted by atomic mass is 10.0. The van der Waals surface area contributed by atoms with Gasteiger partial charge >= 0.3 is 6.09 Å². The molecule has 0 bridgehead atoms. The van der Waals surface area contributed by atoms with E-state index in [1.807, 2.05) is 0 Å². The van der Waals surface area contributed by atoms with Crippen LogP contribution in [0.25, 0.3) is 11.3 Å². The standard InChI is InChI=1S/C18H20ClN3O5S/c1-27-16-7-3-5-14(20-16)13-4-2-6-15(17(13)19)22(28(25)26)12-8-10-21(11-9-12)18(23)24/h2-7,12H,8-11H2,1H3,(H,23,24)(H,25,26). The fourth-order valence-electron chi connectivity index (χ4n) is 3.27. The average Bonchev–Trinajstić information content (AvgIpc) is 2.69. The Labute approximate surface area is 170 Å². The lowest BCUT2D eigenvalue weighted by Crippen LogP contribution is -2.47. The summed E-state index contributed by atoms with van der Waals surface area (Å²) in [5, 5.41) is 9.40. The van der Waals surface area contributed by atoms with Crippen molar-refractivity contribution in [3.8, 4) is 17.1 Å². The zero-order valence-electron chi connectivity index (χ0n) is 15.1. The Kier molecular flexibility index (Phi) is 6.38. The van der Waals surface area contributed by atoms with Gasteiger partial charge in [0.05, 0.1) is 23.5 Å². The van der Waals surface area contributed by atoms with Gasteiger partial charge in [-0.3, -0.25) is 8.86 Å². The predicted molar refractivity (Wildman–Crippen MR) is 107 cm³/mol. The third kappa shape index (κ3) is 4.21. The molecule has 0 spiro atoms. The molecule has 1 saturated heterocycles. The number of aromatic nitrogens is 1. The van der Waals surface area contributed by atoms with Crippen LogP contribution in [0.3, 0.4) is 0 Å². The van der Waals surface area contributed by atoms with Crippen molar-refractivity contribution in [2.45, 2.75) is 18.9 Å². The highest BCUT2D eigenvalue weighted by Crippen LogP contribution is 2.38. The first kappa shape index (κ1) is 20.4. The lowest BCUT2D eigenvalue weighted by molar-refractivity contribution is 0.133. The number of hydrogen-bond acceptors (Lipinski definition) is 4. The van der Waals surface area contributed by atoms with E-state index in [4.69, 9.17) is 21.4 Å². The van der Waals surface area contributed by atoms with Gasteiger partial charge in [0.1, 0.15) is 0 Å². The Morgan fingerprint density at radius 2 is 1.96 bits per heavy atom. The Bertz CT molecular complexity index is 889. The Hall–Kier alpha value is -2.36. The molecule has 0 saturated carbocycles. The lowest BCUT2D eigenvalue weighted by Gasteiger charge is -2.36. The smallest absolute Gasteiger partial charge is 0.407 e. The summed E-state index contributed by atoms with van der Waals surface area (Å²) in [7, 11) is 1.52. The summed E-state index contributed by atoms with van der Waals surface area (Å²) in [5.41, 5.74) is 1.59. The maximum absolute atomic E-state index is 12.1. The van der Waals surface area contributed by atoms with E-state index in [1.165, 1.54) is 16.3 Å². The quantitative estimate of drug-likeness (QED) is 0.710. The molecule has 2 N–H and O–H groups in total. The van der Waals surface area contributed by atoms with E-state index in [1.54, 1.807) is 36.4 Å². The molecular weight excluding hydrogens is 406 g/mol. The Balaban J connectivity index is 1.94. The number of amides is 1. The zero-order valence-corrected chi connectivity index (χ0v) is 16.7. The third-order valence-corrected chi connectivity index (χ3v) is 5.89. The molecule has 1 aromatic heterocycles. The Morgan fingerprint density at radius 3 is 2.57 bits per heavy atom. The van der Waals surface area contributed by atoms with Gasteiger partial charge in [0.15, 0.2) is 0 Å². The summed E-state index contributed by atoms with van der Waals surface area (Å²) in [6.07, 6.45) is -0.133. The number of benzene rings is 1. The molecule has 1 atom stereocenters. The number of likely N-dealkylation sites (tertiary alicyclic amines) is 1. The minimum absolute atomic E-state index is 0.294. The van der Waals surface area contributed by atoms with Gasteiger partial charge in [-0.1, -0.05) is 29.8 Å². The van der Waals surface area contributed by atoms with Crippen LogP contribution >= 0.6 is 11.6 Å². The van der Waals surface area contributed by atoms with Gasteiger partial charge in [-0.15, -0.1) is 0 Å². The van der Waals surface area contributed by atoms with Crippen LogP contribution in [0.4, 0.5) is 10.5 Å². The molecule has 2 heterocycles. The summed E-state index contributed by atoms with van der Waals surface area (Å²) < 4.78 is 28.6. The van der Waals surface area contributed by atoms with Gasteiger partial charge < -0.3 is 14.7 Å². The fourth-order valence-corrected chi connectivity index (χ4v) is 4.42. The molecule has 1 aliphatic rings. The van der Waals surface area contributed by atoms with Crippen LogP contribution in [0.15, 0.2) is 36.4 Å². The first-order valence-electron chi connectivity index (χ1n) is 8.60. The maximum atomic E-state index is 12.1. The van der Waals surface area contributed by atoms with E-state index in [0.717, 1.165) is 0 Å². The SMILES string of the molecule is COc1cccc(-c2cccc(N(C3CCN(C(=O)O)CC3)S(=O)O)c2Cl)n1. The number of piperidine rings is 1. The van der Waals surface area contributed by atoms with Crippen molar-refractivity contribution in [3.05, 3.63) is 41.4 Å². The van der Waals surface area contributed by atoms with E-state index >= 15 is 0 Å². The number of methoxy groups -OCH3 is 1. The number of carbonyl (C=O) groups is 1. The molecule has 1 aliphatic heterocycles. The molecule has 0 radical (unpaired) electrons. The van der Waals surface area contributed by atoms with Gasteiger partial charge in [0.2, 0.25) is 5.88 Å².